The Balaban J connectivity index is 1.90. The van der Waals surface area contributed by atoms with Gasteiger partial charge in [-0.25, -0.2) is 0 Å². The van der Waals surface area contributed by atoms with E-state index in [4.69, 9.17) is 0 Å². The third-order valence-electron chi connectivity index (χ3n) is 2.94. The molecule has 1 aliphatic heterocycles. The Hall–Kier alpha value is -0.870. The summed E-state index contributed by atoms with van der Waals surface area (Å²) in [5.41, 5.74) is 0. The minimum atomic E-state index is 0.174. The van der Waals surface area contributed by atoms with Crippen LogP contribution in [-0.2, 0) is 4.79 Å². The molecule has 2 heterocycles. The molecule has 1 unspecified atom stereocenters. The molecular formula is C12H18N2OS. The monoisotopic (exact) mass is 238 g/mol. The van der Waals surface area contributed by atoms with Crippen LogP contribution in [0.4, 0.5) is 0 Å². The highest BCUT2D eigenvalue weighted by atomic mass is 32.1. The summed E-state index contributed by atoms with van der Waals surface area (Å²) in [5.74, 6) is 0.174. The van der Waals surface area contributed by atoms with Gasteiger partial charge in [0.25, 0.3) is 0 Å². The van der Waals surface area contributed by atoms with Crippen LogP contribution in [0, 0.1) is 0 Å². The van der Waals surface area contributed by atoms with Crippen LogP contribution in [0.3, 0.4) is 0 Å². The lowest BCUT2D eigenvalue weighted by molar-refractivity contribution is -0.121. The summed E-state index contributed by atoms with van der Waals surface area (Å²) in [6.45, 7) is 2.99. The fraction of sp³-hybridized carbons (Fsp3) is 0.583. The molecule has 4 heteroatoms. The molecule has 1 fully saturated rings. The molecule has 2 rings (SSSR count). The van der Waals surface area contributed by atoms with Crippen LogP contribution in [0.5, 0.6) is 0 Å². The number of hydrogen-bond donors (Lipinski definition) is 2. The first-order chi connectivity index (χ1) is 7.75. The van der Waals surface area contributed by atoms with Gasteiger partial charge in [0.05, 0.1) is 0 Å². The van der Waals surface area contributed by atoms with E-state index in [1.807, 2.05) is 0 Å². The fourth-order valence-corrected chi connectivity index (χ4v) is 2.83. The molecule has 1 aromatic rings. The average molecular weight is 238 g/mol. The van der Waals surface area contributed by atoms with E-state index in [2.05, 4.69) is 35.1 Å². The number of nitrogens with one attached hydrogen (secondary N) is 2. The lowest BCUT2D eigenvalue weighted by Gasteiger charge is -2.20. The van der Waals surface area contributed by atoms with Crippen LogP contribution >= 0.6 is 11.3 Å². The average Bonchev–Trinajstić information content (AvgIpc) is 2.70. The van der Waals surface area contributed by atoms with Crippen molar-refractivity contribution in [1.29, 1.82) is 0 Å². The summed E-state index contributed by atoms with van der Waals surface area (Å²) in [4.78, 5) is 12.8. The Labute approximate surface area is 100 Å². The molecule has 0 saturated carbocycles. The van der Waals surface area contributed by atoms with Crippen LogP contribution in [0.25, 0.3) is 0 Å². The van der Waals surface area contributed by atoms with Crippen molar-refractivity contribution in [3.05, 3.63) is 22.4 Å². The lowest BCUT2D eigenvalue weighted by atomic mass is 10.1. The van der Waals surface area contributed by atoms with Crippen LogP contribution < -0.4 is 10.6 Å². The van der Waals surface area contributed by atoms with Crippen LogP contribution in [-0.4, -0.2) is 18.5 Å². The summed E-state index contributed by atoms with van der Waals surface area (Å²) in [6.07, 6.45) is 2.75. The first-order valence-electron chi connectivity index (χ1n) is 5.82. The molecule has 0 aliphatic carbocycles. The Morgan fingerprint density at radius 1 is 1.62 bits per heavy atom. The van der Waals surface area contributed by atoms with Gasteiger partial charge in [0.2, 0.25) is 5.91 Å². The zero-order chi connectivity index (χ0) is 11.4. The topological polar surface area (TPSA) is 41.1 Å². The van der Waals surface area contributed by atoms with E-state index in [9.17, 15) is 4.79 Å². The smallest absolute Gasteiger partial charge is 0.221 e. The van der Waals surface area contributed by atoms with Gasteiger partial charge in [-0.3, -0.25) is 4.79 Å². The lowest BCUT2D eigenvalue weighted by Crippen LogP contribution is -2.34. The summed E-state index contributed by atoms with van der Waals surface area (Å²) in [5, 5.41) is 8.54. The maximum absolute atomic E-state index is 11.4. The Morgan fingerprint density at radius 3 is 3.25 bits per heavy atom. The SMILES string of the molecule is C[C@@H](NC1CCCNC(=O)C1)c1cccs1. The minimum absolute atomic E-state index is 0.174. The predicted octanol–water partition coefficient (Wildman–Crippen LogP) is 2.07. The zero-order valence-corrected chi connectivity index (χ0v) is 10.3. The van der Waals surface area contributed by atoms with Gasteiger partial charge in [-0.15, -0.1) is 11.3 Å². The first-order valence-corrected chi connectivity index (χ1v) is 6.70. The number of hydrogen-bond acceptors (Lipinski definition) is 3. The van der Waals surface area contributed by atoms with Crippen molar-refractivity contribution in [1.82, 2.24) is 10.6 Å². The maximum atomic E-state index is 11.4. The minimum Gasteiger partial charge on any atom is -0.356 e. The Bertz CT molecular complexity index is 337. The quantitative estimate of drug-likeness (QED) is 0.846. The largest absolute Gasteiger partial charge is 0.356 e. The van der Waals surface area contributed by atoms with Crippen molar-refractivity contribution in [3.63, 3.8) is 0 Å². The number of thiophene rings is 1. The van der Waals surface area contributed by atoms with Gasteiger partial charge in [0, 0.05) is 29.9 Å². The number of rotatable bonds is 3. The molecule has 0 radical (unpaired) electrons. The second kappa shape index (κ2) is 5.46. The van der Waals surface area contributed by atoms with E-state index >= 15 is 0 Å². The number of amides is 1. The molecule has 0 aromatic carbocycles. The first kappa shape index (κ1) is 11.6. The molecule has 1 aliphatic rings. The van der Waals surface area contributed by atoms with E-state index in [1.54, 1.807) is 11.3 Å². The Kier molecular flexibility index (Phi) is 3.96. The maximum Gasteiger partial charge on any atom is 0.221 e. The third kappa shape index (κ3) is 3.06. The molecule has 2 N–H and O–H groups in total. The molecule has 1 aromatic heterocycles. The van der Waals surface area contributed by atoms with Crippen molar-refractivity contribution in [3.8, 4) is 0 Å². The van der Waals surface area contributed by atoms with Crippen molar-refractivity contribution in [2.75, 3.05) is 6.54 Å². The molecule has 2 atom stereocenters. The molecule has 1 amide bonds. The Morgan fingerprint density at radius 2 is 2.50 bits per heavy atom. The van der Waals surface area contributed by atoms with Crippen molar-refractivity contribution in [2.24, 2.45) is 0 Å². The summed E-state index contributed by atoms with van der Waals surface area (Å²) in [6, 6.07) is 4.87. The second-order valence-electron chi connectivity index (χ2n) is 4.30. The highest BCUT2D eigenvalue weighted by molar-refractivity contribution is 7.10. The molecule has 16 heavy (non-hydrogen) atoms. The molecule has 0 bridgehead atoms. The number of carbonyl (C=O) groups excluding carboxylic acids is 1. The van der Waals surface area contributed by atoms with Crippen LogP contribution in [0.1, 0.15) is 37.1 Å². The van der Waals surface area contributed by atoms with Crippen molar-refractivity contribution < 1.29 is 4.79 Å². The highest BCUT2D eigenvalue weighted by Gasteiger charge is 2.19. The van der Waals surface area contributed by atoms with Crippen LogP contribution in [0.15, 0.2) is 17.5 Å². The summed E-state index contributed by atoms with van der Waals surface area (Å²) >= 11 is 1.76. The van der Waals surface area contributed by atoms with Gasteiger partial charge in [-0.05, 0) is 31.2 Å². The molecule has 0 spiro atoms. The van der Waals surface area contributed by atoms with E-state index in [0.29, 0.717) is 18.5 Å². The molecular weight excluding hydrogens is 220 g/mol. The highest BCUT2D eigenvalue weighted by Crippen LogP contribution is 2.20. The standard InChI is InChI=1S/C12H18N2OS/c1-9(11-5-3-7-16-11)14-10-4-2-6-13-12(15)8-10/h3,5,7,9-10,14H,2,4,6,8H2,1H3,(H,13,15)/t9-,10?/m1/s1. The van der Waals surface area contributed by atoms with Crippen molar-refractivity contribution in [2.45, 2.75) is 38.3 Å². The van der Waals surface area contributed by atoms with E-state index in [0.717, 1.165) is 19.4 Å². The fourth-order valence-electron chi connectivity index (χ4n) is 2.09. The predicted molar refractivity (Wildman–Crippen MR) is 66.5 cm³/mol. The zero-order valence-electron chi connectivity index (χ0n) is 9.53. The van der Waals surface area contributed by atoms with Gasteiger partial charge >= 0.3 is 0 Å². The molecule has 88 valence electrons. The molecule has 3 nitrogen and oxygen atoms in total. The van der Waals surface area contributed by atoms with E-state index in [1.165, 1.54) is 4.88 Å². The van der Waals surface area contributed by atoms with Gasteiger partial charge in [-0.1, -0.05) is 6.07 Å². The van der Waals surface area contributed by atoms with Crippen molar-refractivity contribution >= 4 is 17.2 Å². The number of carbonyl (C=O) groups is 1. The van der Waals surface area contributed by atoms with E-state index < -0.39 is 0 Å². The van der Waals surface area contributed by atoms with Gasteiger partial charge in [-0.2, -0.15) is 0 Å². The molecule has 1 saturated heterocycles. The third-order valence-corrected chi connectivity index (χ3v) is 3.99. The van der Waals surface area contributed by atoms with Crippen LogP contribution in [0.2, 0.25) is 0 Å². The van der Waals surface area contributed by atoms with Gasteiger partial charge in [0.1, 0.15) is 0 Å². The normalized spacial score (nSPS) is 23.6. The summed E-state index contributed by atoms with van der Waals surface area (Å²) in [7, 11) is 0. The van der Waals surface area contributed by atoms with Gasteiger partial charge in [0.15, 0.2) is 0 Å². The van der Waals surface area contributed by atoms with E-state index in [-0.39, 0.29) is 5.91 Å². The van der Waals surface area contributed by atoms with Gasteiger partial charge < -0.3 is 10.6 Å². The summed E-state index contributed by atoms with van der Waals surface area (Å²) < 4.78 is 0. The second-order valence-corrected chi connectivity index (χ2v) is 5.28.